The van der Waals surface area contributed by atoms with Gasteiger partial charge in [-0.05, 0) is 85.6 Å². The van der Waals surface area contributed by atoms with Crippen molar-refractivity contribution < 1.29 is 23.8 Å². The van der Waals surface area contributed by atoms with Gasteiger partial charge in [-0.3, -0.25) is 4.90 Å². The van der Waals surface area contributed by atoms with Crippen molar-refractivity contribution in [3.8, 4) is 5.88 Å². The molecule has 2 aromatic carbocycles. The van der Waals surface area contributed by atoms with E-state index in [0.29, 0.717) is 27.3 Å². The summed E-state index contributed by atoms with van der Waals surface area (Å²) in [5.74, 6) is -0.454. The molecule has 0 saturated carbocycles. The van der Waals surface area contributed by atoms with E-state index in [4.69, 9.17) is 26.1 Å². The maximum Gasteiger partial charge on any atom is 0.345 e. The van der Waals surface area contributed by atoms with Gasteiger partial charge in [0.15, 0.2) is 0 Å². The Labute approximate surface area is 241 Å². The molecule has 9 heteroatoms. The van der Waals surface area contributed by atoms with Crippen LogP contribution in [0.15, 0.2) is 54.6 Å². The number of hydrogen-bond donors (Lipinski definition) is 1. The van der Waals surface area contributed by atoms with Gasteiger partial charge in [0.2, 0.25) is 5.88 Å². The molecule has 0 aliphatic carbocycles. The van der Waals surface area contributed by atoms with Crippen molar-refractivity contribution in [3.05, 3.63) is 92.7 Å². The summed E-state index contributed by atoms with van der Waals surface area (Å²) in [6.45, 7) is 3.59. The summed E-state index contributed by atoms with van der Waals surface area (Å²) in [6, 6.07) is 16.4. The Morgan fingerprint density at radius 3 is 2.65 bits per heavy atom. The van der Waals surface area contributed by atoms with Gasteiger partial charge in [-0.1, -0.05) is 29.8 Å². The van der Waals surface area contributed by atoms with E-state index in [0.717, 1.165) is 67.7 Å². The summed E-state index contributed by atoms with van der Waals surface area (Å²) >= 11 is 7.18. The van der Waals surface area contributed by atoms with Crippen LogP contribution in [-0.2, 0) is 24.3 Å². The van der Waals surface area contributed by atoms with Crippen molar-refractivity contribution in [3.63, 3.8) is 0 Å². The van der Waals surface area contributed by atoms with Crippen LogP contribution in [0, 0.1) is 5.82 Å². The molecule has 1 unspecified atom stereocenters. The second-order valence-electron chi connectivity index (χ2n) is 10.5. The third-order valence-electron chi connectivity index (χ3n) is 7.88. The van der Waals surface area contributed by atoms with E-state index in [1.807, 2.05) is 18.2 Å². The van der Waals surface area contributed by atoms with Gasteiger partial charge in [-0.2, -0.15) is 0 Å². The number of thiophene rings is 1. The fraction of sp³-hybridized carbons (Fsp3) is 0.355. The number of pyridine rings is 1. The van der Waals surface area contributed by atoms with Crippen LogP contribution in [0.5, 0.6) is 5.88 Å². The number of likely N-dealkylation sites (tertiary alicyclic amines) is 1. The molecule has 2 fully saturated rings. The number of halogens is 2. The Morgan fingerprint density at radius 2 is 1.93 bits per heavy atom. The predicted octanol–water partition coefficient (Wildman–Crippen LogP) is 7.08. The Hall–Kier alpha value is -3.04. The lowest BCUT2D eigenvalue weighted by molar-refractivity contribution is -0.0491. The standard InChI is InChI=1S/C31H30ClFN2O4S/c32-22-6-4-21(26(33)14-22)18-39-30-3-1-2-27(34-30)19-8-11-35(12-9-19)17-20-5-7-28-25(16-29(40-28)31(36)37)24(20)15-23-10-13-38-23/h1-7,14,16,19,23H,8-13,15,17-18H2,(H,36,37). The van der Waals surface area contributed by atoms with Gasteiger partial charge in [0, 0.05) is 46.1 Å². The second-order valence-corrected chi connectivity index (χ2v) is 12.0. The number of carboxylic acids is 1. The van der Waals surface area contributed by atoms with Gasteiger partial charge >= 0.3 is 5.97 Å². The van der Waals surface area contributed by atoms with Gasteiger partial charge in [-0.25, -0.2) is 14.2 Å². The third-order valence-corrected chi connectivity index (χ3v) is 9.20. The average molecular weight is 581 g/mol. The third kappa shape index (κ3) is 6.00. The molecule has 0 amide bonds. The first-order valence-electron chi connectivity index (χ1n) is 13.6. The monoisotopic (exact) mass is 580 g/mol. The van der Waals surface area contributed by atoms with Crippen LogP contribution < -0.4 is 4.74 Å². The molecule has 6 rings (SSSR count). The lowest BCUT2D eigenvalue weighted by Gasteiger charge is -2.33. The Bertz CT molecular complexity index is 1530. The molecule has 4 heterocycles. The number of rotatable bonds is 9. The second kappa shape index (κ2) is 11.8. The molecule has 0 spiro atoms. The highest BCUT2D eigenvalue weighted by atomic mass is 35.5. The van der Waals surface area contributed by atoms with Gasteiger partial charge < -0.3 is 14.6 Å². The molecule has 6 nitrogen and oxygen atoms in total. The maximum absolute atomic E-state index is 14.1. The van der Waals surface area contributed by atoms with Crippen LogP contribution in [0.3, 0.4) is 0 Å². The first-order valence-corrected chi connectivity index (χ1v) is 14.8. The maximum atomic E-state index is 14.1. The summed E-state index contributed by atoms with van der Waals surface area (Å²) in [5.41, 5.74) is 3.90. The molecule has 4 aromatic rings. The molecule has 0 radical (unpaired) electrons. The first kappa shape index (κ1) is 27.1. The van der Waals surface area contributed by atoms with Crippen molar-refractivity contribution in [1.29, 1.82) is 0 Å². The average Bonchev–Trinajstić information content (AvgIpc) is 3.37. The number of ether oxygens (including phenoxy) is 2. The van der Waals surface area contributed by atoms with Crippen LogP contribution in [-0.4, -0.2) is 46.8 Å². The molecule has 2 saturated heterocycles. The molecule has 2 aliphatic heterocycles. The van der Waals surface area contributed by atoms with E-state index in [2.05, 4.69) is 17.0 Å². The van der Waals surface area contributed by atoms with Gasteiger partial charge in [-0.15, -0.1) is 11.3 Å². The smallest absolute Gasteiger partial charge is 0.345 e. The molecule has 2 aromatic heterocycles. The van der Waals surface area contributed by atoms with E-state index >= 15 is 0 Å². The molecular formula is C31H30ClFN2O4S. The largest absolute Gasteiger partial charge is 0.477 e. The number of carbonyl (C=O) groups is 1. The molecule has 0 bridgehead atoms. The van der Waals surface area contributed by atoms with Crippen molar-refractivity contribution in [2.75, 3.05) is 19.7 Å². The summed E-state index contributed by atoms with van der Waals surface area (Å²) in [5, 5.41) is 10.9. The van der Waals surface area contributed by atoms with E-state index in [-0.39, 0.29) is 18.5 Å². The zero-order valence-corrected chi connectivity index (χ0v) is 23.5. The van der Waals surface area contributed by atoms with Crippen LogP contribution in [0.2, 0.25) is 5.02 Å². The minimum atomic E-state index is -0.879. The van der Waals surface area contributed by atoms with Gasteiger partial charge in [0.25, 0.3) is 0 Å². The Balaban J connectivity index is 1.11. The molecule has 208 valence electrons. The number of fused-ring (bicyclic) bond motifs is 1. The van der Waals surface area contributed by atoms with E-state index < -0.39 is 5.97 Å². The van der Waals surface area contributed by atoms with Crippen LogP contribution in [0.1, 0.15) is 57.2 Å². The fourth-order valence-corrected chi connectivity index (χ4v) is 6.63. The first-order chi connectivity index (χ1) is 19.4. The number of nitrogens with zero attached hydrogens (tertiary/aromatic N) is 2. The quantitative estimate of drug-likeness (QED) is 0.228. The molecule has 1 atom stereocenters. The number of hydrogen-bond acceptors (Lipinski definition) is 6. The number of carboxylic acid groups (broad SMARTS) is 1. The summed E-state index contributed by atoms with van der Waals surface area (Å²) in [6.07, 6.45) is 4.03. The highest BCUT2D eigenvalue weighted by molar-refractivity contribution is 7.20. The Kier molecular flexibility index (Phi) is 8.03. The molecule has 2 aliphatic rings. The van der Waals surface area contributed by atoms with Crippen LogP contribution in [0.25, 0.3) is 10.1 Å². The number of aromatic carboxylic acids is 1. The number of benzene rings is 2. The SMILES string of the molecule is O=C(O)c1cc2c(CC3CCO3)c(CN3CCC(c4cccc(OCc5ccc(Cl)cc5F)n4)CC3)ccc2s1. The fourth-order valence-electron chi connectivity index (χ4n) is 5.54. The zero-order chi connectivity index (χ0) is 27.6. The minimum absolute atomic E-state index is 0.0918. The Morgan fingerprint density at radius 1 is 1.12 bits per heavy atom. The molecular weight excluding hydrogens is 551 g/mol. The van der Waals surface area contributed by atoms with Crippen molar-refractivity contribution in [1.82, 2.24) is 9.88 Å². The minimum Gasteiger partial charge on any atom is -0.477 e. The van der Waals surface area contributed by atoms with Gasteiger partial charge in [0.05, 0.1) is 6.10 Å². The normalized spacial score (nSPS) is 18.1. The predicted molar refractivity (Wildman–Crippen MR) is 154 cm³/mol. The summed E-state index contributed by atoms with van der Waals surface area (Å²) < 4.78 is 26.7. The molecule has 40 heavy (non-hydrogen) atoms. The topological polar surface area (TPSA) is 71.9 Å². The highest BCUT2D eigenvalue weighted by Crippen LogP contribution is 2.35. The van der Waals surface area contributed by atoms with E-state index in [9.17, 15) is 14.3 Å². The lowest BCUT2D eigenvalue weighted by Crippen LogP contribution is -2.33. The van der Waals surface area contributed by atoms with Crippen molar-refractivity contribution in [2.45, 2.75) is 50.9 Å². The van der Waals surface area contributed by atoms with Crippen LogP contribution >= 0.6 is 22.9 Å². The molecule has 1 N–H and O–H groups in total. The lowest BCUT2D eigenvalue weighted by atomic mass is 9.91. The number of aromatic nitrogens is 1. The zero-order valence-electron chi connectivity index (χ0n) is 21.9. The summed E-state index contributed by atoms with van der Waals surface area (Å²) in [7, 11) is 0. The highest BCUT2D eigenvalue weighted by Gasteiger charge is 2.26. The van der Waals surface area contributed by atoms with E-state index in [1.54, 1.807) is 18.2 Å². The van der Waals surface area contributed by atoms with Crippen molar-refractivity contribution >= 4 is 39.0 Å². The number of piperidine rings is 1. The van der Waals surface area contributed by atoms with Crippen LogP contribution in [0.4, 0.5) is 4.39 Å². The van der Waals surface area contributed by atoms with Crippen molar-refractivity contribution in [2.24, 2.45) is 0 Å². The summed E-state index contributed by atoms with van der Waals surface area (Å²) in [4.78, 5) is 19.2. The van der Waals surface area contributed by atoms with E-state index in [1.165, 1.54) is 28.5 Å². The van der Waals surface area contributed by atoms with Gasteiger partial charge in [0.1, 0.15) is 17.3 Å².